The van der Waals surface area contributed by atoms with Crippen molar-refractivity contribution < 1.29 is 26.4 Å². The zero-order valence-electron chi connectivity index (χ0n) is 37.2. The summed E-state index contributed by atoms with van der Waals surface area (Å²) in [5.41, 5.74) is 11.4. The minimum atomic E-state index is -3.64. The highest BCUT2D eigenvalue weighted by molar-refractivity contribution is 7.89. The van der Waals surface area contributed by atoms with Crippen molar-refractivity contribution in [3.05, 3.63) is 120 Å². The lowest BCUT2D eigenvalue weighted by Crippen LogP contribution is -2.25. The van der Waals surface area contributed by atoms with E-state index in [1.54, 1.807) is 31.4 Å². The van der Waals surface area contributed by atoms with Crippen molar-refractivity contribution >= 4 is 31.5 Å². The first-order valence-electron chi connectivity index (χ1n) is 20.9. The summed E-state index contributed by atoms with van der Waals surface area (Å²) in [6, 6.07) is 20.9. The lowest BCUT2D eigenvalue weighted by atomic mass is 9.98. The lowest BCUT2D eigenvalue weighted by molar-refractivity contribution is -0.120. The Morgan fingerprint density at radius 3 is 1.67 bits per heavy atom. The molecule has 0 spiro atoms. The number of ether oxygens (including phenoxy) is 1. The van der Waals surface area contributed by atoms with Crippen molar-refractivity contribution in [2.24, 2.45) is 16.1 Å². The van der Waals surface area contributed by atoms with Gasteiger partial charge in [0.25, 0.3) is 0 Å². The summed E-state index contributed by atoms with van der Waals surface area (Å²) in [6.07, 6.45) is 27.4. The fourth-order valence-electron chi connectivity index (χ4n) is 6.69. The van der Waals surface area contributed by atoms with E-state index in [-0.39, 0.29) is 16.0 Å². The number of fused-ring (bicyclic) bond motifs is 2. The molecule has 7 N–H and O–H groups in total. The zero-order chi connectivity index (χ0) is 46.6. The molecule has 15 nitrogen and oxygen atoms in total. The molecule has 342 valence electrons. The molecule has 17 heteroatoms. The second kappa shape index (κ2) is 25.8. The number of nitrogens with zero attached hydrogens (tertiary/aromatic N) is 5. The van der Waals surface area contributed by atoms with E-state index in [0.29, 0.717) is 5.78 Å². The summed E-state index contributed by atoms with van der Waals surface area (Å²) in [7, 11) is -1.61. The van der Waals surface area contributed by atoms with Crippen molar-refractivity contribution in [3.63, 3.8) is 0 Å². The molecule has 1 unspecified atom stereocenters. The summed E-state index contributed by atoms with van der Waals surface area (Å²) in [5, 5.41) is 19.1. The molecule has 8 rings (SSSR count). The topological polar surface area (TPSA) is 224 Å². The quantitative estimate of drug-likeness (QED) is 0.0464. The molecule has 1 atom stereocenters. The number of benzene rings is 3. The van der Waals surface area contributed by atoms with E-state index in [1.165, 1.54) is 78.8 Å². The Hall–Kier alpha value is -5.19. The summed E-state index contributed by atoms with van der Waals surface area (Å²) < 4.78 is 53.5. The van der Waals surface area contributed by atoms with Crippen LogP contribution in [0.3, 0.4) is 0 Å². The minimum absolute atomic E-state index is 0.119. The Labute approximate surface area is 374 Å². The van der Waals surface area contributed by atoms with Crippen LogP contribution in [0, 0.1) is 19.8 Å². The van der Waals surface area contributed by atoms with Gasteiger partial charge in [0.1, 0.15) is 12.0 Å². The maximum absolute atomic E-state index is 11.2. The number of sulfonamides is 2. The predicted octanol–water partition coefficient (Wildman–Crippen LogP) is 6.34. The van der Waals surface area contributed by atoms with Crippen molar-refractivity contribution in [3.8, 4) is 17.8 Å². The van der Waals surface area contributed by atoms with Crippen LogP contribution in [0.5, 0.6) is 0 Å². The van der Waals surface area contributed by atoms with Crippen LogP contribution in [0.25, 0.3) is 11.4 Å². The second-order valence-corrected chi connectivity index (χ2v) is 18.6. The van der Waals surface area contributed by atoms with Gasteiger partial charge in [0.15, 0.2) is 0 Å². The molecule has 2 heterocycles. The summed E-state index contributed by atoms with van der Waals surface area (Å²) >= 11 is 0. The van der Waals surface area contributed by atoms with Crippen LogP contribution in [0.15, 0.2) is 95.0 Å². The van der Waals surface area contributed by atoms with Crippen molar-refractivity contribution in [1.29, 1.82) is 0 Å². The SMILES string of the molecule is COC(C)N(C)C.Cc1ccc(NN)cc1.NS(=O)(=O)c1ccc(-n2cc3c(n2)CCCC3)cc1.NS(=O)(=O)c1ccc(-n2ncc3c2CCCC3)cc1.O=C1CCCCC1.[C-]#C. The number of aryl methyl sites for hydroxylation is 4. The third kappa shape index (κ3) is 17.1. The molecule has 0 saturated heterocycles. The number of rotatable bonds is 7. The van der Waals surface area contributed by atoms with Gasteiger partial charge in [0.2, 0.25) is 20.0 Å². The second-order valence-electron chi connectivity index (χ2n) is 15.5. The fourth-order valence-corrected chi connectivity index (χ4v) is 7.72. The number of hydrogen-bond acceptors (Lipinski definition) is 11. The number of nitrogen functional groups attached to an aromatic ring is 1. The number of ketones is 1. The Balaban J connectivity index is 0.000000223. The largest absolute Gasteiger partial charge is 0.697 e. The van der Waals surface area contributed by atoms with Crippen LogP contribution in [0.2, 0.25) is 0 Å². The third-order valence-corrected chi connectivity index (χ3v) is 12.4. The molecule has 63 heavy (non-hydrogen) atoms. The first-order chi connectivity index (χ1) is 30.0. The summed E-state index contributed by atoms with van der Waals surface area (Å²) in [6.45, 7) is 4.04. The Morgan fingerprint density at radius 2 is 1.22 bits per heavy atom. The molecule has 0 bridgehead atoms. The van der Waals surface area contributed by atoms with Crippen LogP contribution < -0.4 is 21.5 Å². The highest BCUT2D eigenvalue weighted by Gasteiger charge is 2.17. The number of nitrogens with two attached hydrogens (primary N) is 3. The van der Waals surface area contributed by atoms with Crippen LogP contribution in [0.1, 0.15) is 92.8 Å². The van der Waals surface area contributed by atoms with Gasteiger partial charge in [-0.3, -0.25) is 15.5 Å². The number of terminal acetylenes is 1. The van der Waals surface area contributed by atoms with E-state index in [2.05, 4.69) is 22.0 Å². The Bertz CT molecular complexity index is 2360. The molecule has 0 radical (unpaired) electrons. The number of Topliss-reactive ketones (excluding diaryl/α,β-unsaturated/α-hetero) is 1. The van der Waals surface area contributed by atoms with E-state index in [9.17, 15) is 21.6 Å². The van der Waals surface area contributed by atoms with Gasteiger partial charge in [-0.05, 0) is 164 Å². The minimum Gasteiger partial charge on any atom is -0.697 e. The molecular weight excluding hydrogens is 839 g/mol. The number of carbonyl (C=O) groups is 1. The smallest absolute Gasteiger partial charge is 0.238 e. The fraction of sp³-hybridized carbons (Fsp3) is 0.413. The highest BCUT2D eigenvalue weighted by Crippen LogP contribution is 2.25. The van der Waals surface area contributed by atoms with Crippen LogP contribution in [0.4, 0.5) is 5.69 Å². The molecule has 3 aromatic carbocycles. The number of primary sulfonamides is 2. The first kappa shape index (κ1) is 52.2. The molecule has 2 aromatic heterocycles. The number of aromatic nitrogens is 4. The number of anilines is 1. The molecule has 3 aliphatic carbocycles. The first-order valence-corrected chi connectivity index (χ1v) is 24.0. The normalized spacial score (nSPS) is 14.7. The average molecular weight is 903 g/mol. The van der Waals surface area contributed by atoms with Crippen molar-refractivity contribution in [2.45, 2.75) is 113 Å². The van der Waals surface area contributed by atoms with Gasteiger partial charge in [0.05, 0.1) is 33.1 Å². The van der Waals surface area contributed by atoms with Gasteiger partial charge in [-0.2, -0.15) is 10.2 Å². The monoisotopic (exact) mass is 902 g/mol. The van der Waals surface area contributed by atoms with Gasteiger partial charge in [-0.25, -0.2) is 36.5 Å². The molecule has 3 aliphatic rings. The van der Waals surface area contributed by atoms with E-state index in [1.807, 2.05) is 78.9 Å². The maximum atomic E-state index is 11.2. The number of carbonyl (C=O) groups excluding carboxylic acids is 1. The molecule has 0 amide bonds. The Morgan fingerprint density at radius 1 is 0.730 bits per heavy atom. The third-order valence-electron chi connectivity index (χ3n) is 10.6. The number of nitrogens with one attached hydrogen (secondary N) is 1. The zero-order valence-corrected chi connectivity index (χ0v) is 38.8. The van der Waals surface area contributed by atoms with Crippen LogP contribution in [-0.2, 0) is 55.3 Å². The van der Waals surface area contributed by atoms with E-state index in [0.717, 1.165) is 74.1 Å². The molecule has 5 aromatic rings. The molecule has 1 fully saturated rings. The molecule has 1 saturated carbocycles. The van der Waals surface area contributed by atoms with E-state index < -0.39 is 20.0 Å². The van der Waals surface area contributed by atoms with Crippen molar-refractivity contribution in [1.82, 2.24) is 24.5 Å². The van der Waals surface area contributed by atoms with E-state index in [4.69, 9.17) is 27.3 Å². The summed E-state index contributed by atoms with van der Waals surface area (Å²) in [5.74, 6) is 5.61. The lowest BCUT2D eigenvalue weighted by Gasteiger charge is -2.16. The van der Waals surface area contributed by atoms with Gasteiger partial charge in [-0.15, -0.1) is 0 Å². The average Bonchev–Trinajstić information content (AvgIpc) is 3.93. The van der Waals surface area contributed by atoms with Gasteiger partial charge >= 0.3 is 0 Å². The highest BCUT2D eigenvalue weighted by atomic mass is 32.2. The van der Waals surface area contributed by atoms with Gasteiger partial charge < -0.3 is 23.0 Å². The molecular formula is C46H64N9O6S2-. The number of hydrazine groups is 1. The van der Waals surface area contributed by atoms with E-state index >= 15 is 0 Å². The number of hydrogen-bond donors (Lipinski definition) is 4. The summed E-state index contributed by atoms with van der Waals surface area (Å²) in [4.78, 5) is 12.7. The maximum Gasteiger partial charge on any atom is 0.238 e. The standard InChI is InChI=1S/2C13H15N3O2S.C7H10N2.C6H10O.C5H13NO.C2H/c14-19(17,18)12-7-5-11(6-8-12)16-9-10-3-1-2-4-13(10)15-16;14-19(17,18)12-7-5-11(6-8-12)16-13-4-2-1-3-10(13)9-15-16;1-6-2-4-7(9-8)5-3-6;7-6-4-2-1-3-5-6;1-5(7-4)6(2)3;1-2/h2*5-9H,1-4H2,(H2,14,17,18);2-5,9H,8H2,1H3;1-5H2;5H,1-4H3;1H/q;;;;;-1. The van der Waals surface area contributed by atoms with Crippen LogP contribution in [-0.4, -0.2) is 74.5 Å². The van der Waals surface area contributed by atoms with Gasteiger partial charge in [0, 0.05) is 37.5 Å². The Kier molecular flexibility index (Phi) is 21.4. The predicted molar refractivity (Wildman–Crippen MR) is 249 cm³/mol. The van der Waals surface area contributed by atoms with Crippen molar-refractivity contribution in [2.75, 3.05) is 26.6 Å². The molecule has 0 aliphatic heterocycles. The van der Waals surface area contributed by atoms with Gasteiger partial charge in [-0.1, -0.05) is 24.1 Å². The number of methoxy groups -OCH3 is 1. The van der Waals surface area contributed by atoms with Crippen LogP contribution >= 0.6 is 0 Å².